The van der Waals surface area contributed by atoms with Crippen molar-refractivity contribution >= 4 is 23.0 Å². The molecule has 1 aliphatic rings. The van der Waals surface area contributed by atoms with E-state index in [0.717, 1.165) is 10.7 Å². The fraction of sp³-hybridized carbons (Fsp3) is 0.231. The highest BCUT2D eigenvalue weighted by Gasteiger charge is 2.31. The van der Waals surface area contributed by atoms with E-state index in [2.05, 4.69) is 9.98 Å². The van der Waals surface area contributed by atoms with Crippen LogP contribution in [0.15, 0.2) is 34.6 Å². The number of para-hydroxylation sites is 1. The van der Waals surface area contributed by atoms with Gasteiger partial charge in [0.25, 0.3) is 0 Å². The number of hydrogen-bond donors (Lipinski definition) is 1. The Labute approximate surface area is 114 Å². The third-order valence-corrected chi connectivity index (χ3v) is 3.87. The van der Waals surface area contributed by atoms with Crippen molar-refractivity contribution in [3.63, 3.8) is 0 Å². The number of halogens is 1. The van der Waals surface area contributed by atoms with E-state index in [9.17, 15) is 4.39 Å². The summed E-state index contributed by atoms with van der Waals surface area (Å²) in [7, 11) is 0. The first-order chi connectivity index (χ1) is 9.16. The highest BCUT2D eigenvalue weighted by atomic mass is 32.1. The molecule has 98 valence electrons. The van der Waals surface area contributed by atoms with E-state index < -0.39 is 0 Å². The van der Waals surface area contributed by atoms with Crippen LogP contribution in [0.5, 0.6) is 0 Å². The summed E-state index contributed by atoms with van der Waals surface area (Å²) in [5.41, 5.74) is 7.23. The van der Waals surface area contributed by atoms with Crippen LogP contribution >= 0.6 is 11.3 Å². The molecule has 3 rings (SSSR count). The minimum atomic E-state index is -0.306. The fourth-order valence-corrected chi connectivity index (χ4v) is 2.85. The number of aromatic nitrogens is 1. The zero-order chi connectivity index (χ0) is 13.4. The zero-order valence-corrected chi connectivity index (χ0v) is 11.2. The summed E-state index contributed by atoms with van der Waals surface area (Å²) < 4.78 is 13.9. The van der Waals surface area contributed by atoms with Gasteiger partial charge in [-0.05, 0) is 19.1 Å². The average molecular weight is 276 g/mol. The Balaban J connectivity index is 2.02. The van der Waals surface area contributed by atoms with Crippen molar-refractivity contribution in [3.8, 4) is 0 Å². The highest BCUT2D eigenvalue weighted by Crippen LogP contribution is 2.32. The number of hydrogen-bond acceptors (Lipinski definition) is 5. The predicted octanol–water partition coefficient (Wildman–Crippen LogP) is 2.47. The lowest BCUT2D eigenvalue weighted by Gasteiger charge is -2.25. The second kappa shape index (κ2) is 4.62. The third-order valence-electron chi connectivity index (χ3n) is 3.07. The highest BCUT2D eigenvalue weighted by molar-refractivity contribution is 7.09. The zero-order valence-electron chi connectivity index (χ0n) is 10.4. The van der Waals surface area contributed by atoms with Crippen LogP contribution in [-0.2, 0) is 0 Å². The lowest BCUT2D eigenvalue weighted by Crippen LogP contribution is -2.36. The first kappa shape index (κ1) is 12.1. The van der Waals surface area contributed by atoms with E-state index in [1.54, 1.807) is 34.4 Å². The molecule has 0 aliphatic carbocycles. The molecule has 2 aromatic rings. The van der Waals surface area contributed by atoms with Gasteiger partial charge in [-0.15, -0.1) is 11.3 Å². The molecule has 1 atom stereocenters. The van der Waals surface area contributed by atoms with Gasteiger partial charge in [0, 0.05) is 5.38 Å². The van der Waals surface area contributed by atoms with Crippen molar-refractivity contribution in [3.05, 3.63) is 46.2 Å². The van der Waals surface area contributed by atoms with Crippen LogP contribution in [0.4, 0.5) is 10.1 Å². The molecule has 19 heavy (non-hydrogen) atoms. The minimum Gasteiger partial charge on any atom is -0.369 e. The number of anilines is 1. The molecular weight excluding hydrogens is 263 g/mol. The molecule has 0 saturated heterocycles. The van der Waals surface area contributed by atoms with Crippen LogP contribution in [0.2, 0.25) is 0 Å². The molecule has 1 aliphatic heterocycles. The van der Waals surface area contributed by atoms with Crippen molar-refractivity contribution < 1.29 is 4.39 Å². The Kier molecular flexibility index (Phi) is 2.94. The number of nitrogens with two attached hydrogens (primary N) is 1. The van der Waals surface area contributed by atoms with Gasteiger partial charge >= 0.3 is 0 Å². The average Bonchev–Trinajstić information content (AvgIpc) is 2.96. The van der Waals surface area contributed by atoms with E-state index in [0.29, 0.717) is 18.2 Å². The van der Waals surface area contributed by atoms with E-state index in [1.165, 1.54) is 6.07 Å². The summed E-state index contributed by atoms with van der Waals surface area (Å²) in [4.78, 5) is 10.4. The minimum absolute atomic E-state index is 0.123. The van der Waals surface area contributed by atoms with Crippen LogP contribution in [-0.4, -0.2) is 17.5 Å². The SMILES string of the molecule is Cc1nc(C2CN=C(N)N2c2ccccc2F)cs1. The summed E-state index contributed by atoms with van der Waals surface area (Å²) in [5, 5.41) is 2.95. The Bertz CT molecular complexity index is 637. The van der Waals surface area contributed by atoms with Gasteiger partial charge in [-0.25, -0.2) is 9.37 Å². The smallest absolute Gasteiger partial charge is 0.196 e. The molecule has 0 spiro atoms. The summed E-state index contributed by atoms with van der Waals surface area (Å²) in [5.74, 6) is 0.0280. The molecule has 2 heterocycles. The van der Waals surface area contributed by atoms with E-state index >= 15 is 0 Å². The standard InChI is InChI=1S/C13H13FN4S/c1-8-17-10(7-19-8)12-6-16-13(15)18(12)11-5-3-2-4-9(11)14/h2-5,7,12H,6H2,1H3,(H2,15,16). The Morgan fingerprint density at radius 2 is 2.21 bits per heavy atom. The molecule has 0 saturated carbocycles. The number of aliphatic imine (C=N–C) groups is 1. The van der Waals surface area contributed by atoms with Crippen LogP contribution < -0.4 is 10.6 Å². The number of rotatable bonds is 2. The fourth-order valence-electron chi connectivity index (χ4n) is 2.19. The molecule has 0 radical (unpaired) electrons. The van der Waals surface area contributed by atoms with Crippen molar-refractivity contribution in [1.29, 1.82) is 0 Å². The number of thiazole rings is 1. The van der Waals surface area contributed by atoms with Gasteiger partial charge in [-0.3, -0.25) is 9.89 Å². The van der Waals surface area contributed by atoms with Gasteiger partial charge in [0.15, 0.2) is 5.96 Å². The molecule has 1 aromatic heterocycles. The number of guanidine groups is 1. The van der Waals surface area contributed by atoms with Crippen LogP contribution in [0.1, 0.15) is 16.7 Å². The monoisotopic (exact) mass is 276 g/mol. The maximum Gasteiger partial charge on any atom is 0.196 e. The quantitative estimate of drug-likeness (QED) is 0.916. The summed E-state index contributed by atoms with van der Waals surface area (Å²) in [6.07, 6.45) is 0. The maximum atomic E-state index is 13.9. The Hall–Kier alpha value is -1.95. The molecule has 0 bridgehead atoms. The van der Waals surface area contributed by atoms with Gasteiger partial charge in [0.05, 0.1) is 29.0 Å². The molecule has 1 aromatic carbocycles. The van der Waals surface area contributed by atoms with Crippen LogP contribution in [0, 0.1) is 12.7 Å². The lowest BCUT2D eigenvalue weighted by atomic mass is 10.2. The van der Waals surface area contributed by atoms with Gasteiger partial charge in [-0.2, -0.15) is 0 Å². The largest absolute Gasteiger partial charge is 0.369 e. The van der Waals surface area contributed by atoms with Crippen molar-refractivity contribution in [2.45, 2.75) is 13.0 Å². The number of aryl methyl sites for hydroxylation is 1. The third kappa shape index (κ3) is 2.08. The predicted molar refractivity (Wildman–Crippen MR) is 75.0 cm³/mol. The second-order valence-corrected chi connectivity index (χ2v) is 5.39. The molecular formula is C13H13FN4S. The number of benzene rings is 1. The molecule has 4 nitrogen and oxygen atoms in total. The molecule has 6 heteroatoms. The summed E-state index contributed by atoms with van der Waals surface area (Å²) in [6.45, 7) is 2.45. The summed E-state index contributed by atoms with van der Waals surface area (Å²) >= 11 is 1.57. The second-order valence-electron chi connectivity index (χ2n) is 4.33. The van der Waals surface area contributed by atoms with Gasteiger partial charge in [-0.1, -0.05) is 12.1 Å². The molecule has 0 fully saturated rings. The van der Waals surface area contributed by atoms with Crippen molar-refractivity contribution in [2.75, 3.05) is 11.4 Å². The lowest BCUT2D eigenvalue weighted by molar-refractivity contribution is 0.618. The van der Waals surface area contributed by atoms with Crippen LogP contribution in [0.3, 0.4) is 0 Å². The molecule has 1 unspecified atom stereocenters. The van der Waals surface area contributed by atoms with Gasteiger partial charge < -0.3 is 5.73 Å². The van der Waals surface area contributed by atoms with Crippen molar-refractivity contribution in [2.24, 2.45) is 10.7 Å². The maximum absolute atomic E-state index is 13.9. The normalized spacial score (nSPS) is 18.7. The van der Waals surface area contributed by atoms with Gasteiger partial charge in [0.2, 0.25) is 0 Å². The molecule has 2 N–H and O–H groups in total. The summed E-state index contributed by atoms with van der Waals surface area (Å²) in [6, 6.07) is 6.44. The Morgan fingerprint density at radius 1 is 1.42 bits per heavy atom. The van der Waals surface area contributed by atoms with Crippen LogP contribution in [0.25, 0.3) is 0 Å². The topological polar surface area (TPSA) is 54.5 Å². The number of nitrogens with zero attached hydrogens (tertiary/aromatic N) is 3. The first-order valence-electron chi connectivity index (χ1n) is 5.92. The Morgan fingerprint density at radius 3 is 2.89 bits per heavy atom. The van der Waals surface area contributed by atoms with Crippen molar-refractivity contribution in [1.82, 2.24) is 4.98 Å². The van der Waals surface area contributed by atoms with E-state index in [-0.39, 0.29) is 11.9 Å². The first-order valence-corrected chi connectivity index (χ1v) is 6.80. The van der Waals surface area contributed by atoms with Gasteiger partial charge in [0.1, 0.15) is 5.82 Å². The van der Waals surface area contributed by atoms with E-state index in [1.807, 2.05) is 12.3 Å². The molecule has 0 amide bonds. The van der Waals surface area contributed by atoms with E-state index in [4.69, 9.17) is 5.73 Å².